The summed E-state index contributed by atoms with van der Waals surface area (Å²) in [6.07, 6.45) is 0.398. The van der Waals surface area contributed by atoms with E-state index in [9.17, 15) is 21.6 Å². The second kappa shape index (κ2) is 10.4. The maximum atomic E-state index is 13.4. The Morgan fingerprint density at radius 3 is 1.75 bits per heavy atom. The number of halogens is 3. The highest BCUT2D eigenvalue weighted by atomic mass is 32.2. The van der Waals surface area contributed by atoms with Gasteiger partial charge < -0.3 is 0 Å². The molecule has 0 bridgehead atoms. The number of sulfonamides is 1. The van der Waals surface area contributed by atoms with Gasteiger partial charge in [-0.25, -0.2) is 8.42 Å². The Morgan fingerprint density at radius 2 is 1.33 bits per heavy atom. The van der Waals surface area contributed by atoms with Gasteiger partial charge in [0, 0.05) is 0 Å². The molecule has 0 aliphatic heterocycles. The SMILES string of the molecule is CCCCCCCCS(=O)(=O)N=C(C(F)(F)F)[N+](CC)(CC)CC. The summed E-state index contributed by atoms with van der Waals surface area (Å²) in [5, 5.41) is 0. The number of hydrogen-bond acceptors (Lipinski definition) is 2. The van der Waals surface area contributed by atoms with E-state index in [-0.39, 0.29) is 25.4 Å². The molecule has 0 N–H and O–H groups in total. The van der Waals surface area contributed by atoms with Crippen molar-refractivity contribution in [2.24, 2.45) is 4.40 Å². The summed E-state index contributed by atoms with van der Waals surface area (Å²) in [6.45, 7) is 7.39. The lowest BCUT2D eigenvalue weighted by molar-refractivity contribution is -0.841. The van der Waals surface area contributed by atoms with Crippen LogP contribution in [0.4, 0.5) is 13.2 Å². The average molecular weight is 374 g/mol. The first-order valence-electron chi connectivity index (χ1n) is 8.85. The van der Waals surface area contributed by atoms with Gasteiger partial charge in [-0.05, 0) is 27.2 Å². The summed E-state index contributed by atoms with van der Waals surface area (Å²) in [5.41, 5.74) is 0. The van der Waals surface area contributed by atoms with E-state index in [0.29, 0.717) is 12.8 Å². The lowest BCUT2D eigenvalue weighted by Gasteiger charge is -2.35. The first-order valence-corrected chi connectivity index (χ1v) is 10.5. The number of hydrogen-bond donors (Lipinski definition) is 0. The zero-order chi connectivity index (χ0) is 18.9. The number of rotatable bonds is 11. The van der Waals surface area contributed by atoms with E-state index in [2.05, 4.69) is 11.3 Å². The van der Waals surface area contributed by atoms with Gasteiger partial charge in [-0.15, -0.1) is 4.40 Å². The van der Waals surface area contributed by atoms with E-state index >= 15 is 0 Å². The van der Waals surface area contributed by atoms with Crippen LogP contribution in [-0.2, 0) is 10.0 Å². The van der Waals surface area contributed by atoms with Gasteiger partial charge in [0.15, 0.2) is 0 Å². The Hall–Kier alpha value is -0.630. The Balaban J connectivity index is 5.20. The predicted octanol–water partition coefficient (Wildman–Crippen LogP) is 4.51. The minimum absolute atomic E-state index is 0.151. The molecule has 0 aromatic carbocycles. The zero-order valence-electron chi connectivity index (χ0n) is 15.3. The van der Waals surface area contributed by atoms with E-state index < -0.39 is 26.5 Å². The molecule has 0 fully saturated rings. The third kappa shape index (κ3) is 7.51. The van der Waals surface area contributed by atoms with Crippen LogP contribution in [0, 0.1) is 0 Å². The van der Waals surface area contributed by atoms with Crippen LogP contribution in [0.3, 0.4) is 0 Å². The van der Waals surface area contributed by atoms with E-state index in [0.717, 1.165) is 25.7 Å². The Morgan fingerprint density at radius 1 is 0.875 bits per heavy atom. The van der Waals surface area contributed by atoms with E-state index in [1.54, 1.807) is 20.8 Å². The van der Waals surface area contributed by atoms with Gasteiger partial charge >= 0.3 is 12.0 Å². The molecule has 0 heterocycles. The van der Waals surface area contributed by atoms with Crippen LogP contribution in [0.25, 0.3) is 0 Å². The molecule has 8 heteroatoms. The van der Waals surface area contributed by atoms with Crippen LogP contribution in [-0.4, -0.2) is 50.3 Å². The minimum Gasteiger partial charge on any atom is -0.270 e. The number of nitrogens with zero attached hydrogens (tertiary/aromatic N) is 2. The van der Waals surface area contributed by atoms with E-state index in [1.807, 2.05) is 0 Å². The highest BCUT2D eigenvalue weighted by molar-refractivity contribution is 7.90. The minimum atomic E-state index is -4.75. The monoisotopic (exact) mass is 373 g/mol. The van der Waals surface area contributed by atoms with Crippen molar-refractivity contribution in [1.82, 2.24) is 0 Å². The van der Waals surface area contributed by atoms with Crippen LogP contribution < -0.4 is 0 Å². The molecule has 0 aliphatic carbocycles. The average Bonchev–Trinajstić information content (AvgIpc) is 2.51. The third-order valence-electron chi connectivity index (χ3n) is 4.50. The van der Waals surface area contributed by atoms with Crippen LogP contribution in [0.2, 0.25) is 0 Å². The first-order chi connectivity index (χ1) is 11.1. The quantitative estimate of drug-likeness (QED) is 0.231. The second-order valence-corrected chi connectivity index (χ2v) is 7.81. The molecule has 0 amide bonds. The van der Waals surface area contributed by atoms with Crippen molar-refractivity contribution in [3.05, 3.63) is 0 Å². The summed E-state index contributed by atoms with van der Waals surface area (Å²) in [4.78, 5) is 0. The molecule has 0 saturated carbocycles. The maximum absolute atomic E-state index is 13.4. The lowest BCUT2D eigenvalue weighted by atomic mass is 10.1. The zero-order valence-corrected chi connectivity index (χ0v) is 16.1. The molecule has 24 heavy (non-hydrogen) atoms. The van der Waals surface area contributed by atoms with Crippen LogP contribution in [0.15, 0.2) is 4.40 Å². The van der Waals surface area contributed by atoms with Crippen molar-refractivity contribution in [3.63, 3.8) is 0 Å². The molecular formula is C16H32F3N2O2S+. The molecule has 144 valence electrons. The Bertz CT molecular complexity index is 476. The van der Waals surface area contributed by atoms with E-state index in [1.165, 1.54) is 0 Å². The second-order valence-electron chi connectivity index (χ2n) is 6.06. The summed E-state index contributed by atoms with van der Waals surface area (Å²) in [5.74, 6) is -1.52. The summed E-state index contributed by atoms with van der Waals surface area (Å²) < 4.78 is 67.2. The summed E-state index contributed by atoms with van der Waals surface area (Å²) >= 11 is 0. The fourth-order valence-corrected chi connectivity index (χ4v) is 3.97. The molecule has 0 aromatic heterocycles. The maximum Gasteiger partial charge on any atom is 0.487 e. The van der Waals surface area contributed by atoms with Crippen molar-refractivity contribution < 1.29 is 26.1 Å². The van der Waals surface area contributed by atoms with Crippen LogP contribution >= 0.6 is 0 Å². The molecule has 0 atom stereocenters. The molecule has 0 spiro atoms. The van der Waals surface area contributed by atoms with Gasteiger partial charge in [-0.3, -0.25) is 4.48 Å². The first kappa shape index (κ1) is 23.4. The highest BCUT2D eigenvalue weighted by Crippen LogP contribution is 2.26. The lowest BCUT2D eigenvalue weighted by Crippen LogP contribution is -2.58. The van der Waals surface area contributed by atoms with Crippen molar-refractivity contribution >= 4 is 15.9 Å². The van der Waals surface area contributed by atoms with Crippen molar-refractivity contribution in [2.45, 2.75) is 72.4 Å². The predicted molar refractivity (Wildman–Crippen MR) is 92.5 cm³/mol. The van der Waals surface area contributed by atoms with Gasteiger partial charge in [0.25, 0.3) is 10.0 Å². The Labute approximate surface area is 144 Å². The Kier molecular flexibility index (Phi) is 10.1. The number of quaternary nitrogens is 1. The fraction of sp³-hybridized carbons (Fsp3) is 0.938. The standard InChI is InChI=1S/C16H32F3N2O2S/c1-5-9-10-11-12-13-14-24(22,23)20-15(16(17,18)19)21(6-2,7-3)8-4/h5-14H2,1-4H3/q+1. The number of unbranched alkanes of at least 4 members (excludes halogenated alkanes) is 5. The molecule has 0 aromatic rings. The summed E-state index contributed by atoms with van der Waals surface area (Å²) in [6, 6.07) is 0. The molecule has 0 unspecified atom stereocenters. The fourth-order valence-electron chi connectivity index (χ4n) is 2.77. The van der Waals surface area contributed by atoms with Gasteiger partial charge in [0.05, 0.1) is 25.4 Å². The van der Waals surface area contributed by atoms with Crippen LogP contribution in [0.1, 0.15) is 66.2 Å². The van der Waals surface area contributed by atoms with Gasteiger partial charge in [0.1, 0.15) is 0 Å². The number of alkyl halides is 3. The molecule has 0 aliphatic rings. The summed E-state index contributed by atoms with van der Waals surface area (Å²) in [7, 11) is -4.12. The van der Waals surface area contributed by atoms with Gasteiger partial charge in [0.2, 0.25) is 0 Å². The molecule has 0 rings (SSSR count). The molecule has 0 saturated heterocycles. The smallest absolute Gasteiger partial charge is 0.270 e. The largest absolute Gasteiger partial charge is 0.487 e. The van der Waals surface area contributed by atoms with Crippen LogP contribution in [0.5, 0.6) is 0 Å². The van der Waals surface area contributed by atoms with Crippen molar-refractivity contribution in [2.75, 3.05) is 25.4 Å². The van der Waals surface area contributed by atoms with Gasteiger partial charge in [-0.1, -0.05) is 39.0 Å². The third-order valence-corrected chi connectivity index (χ3v) is 5.76. The highest BCUT2D eigenvalue weighted by Gasteiger charge is 2.51. The van der Waals surface area contributed by atoms with Crippen molar-refractivity contribution in [3.8, 4) is 0 Å². The topological polar surface area (TPSA) is 46.5 Å². The molecule has 0 radical (unpaired) electrons. The van der Waals surface area contributed by atoms with Gasteiger partial charge in [-0.2, -0.15) is 13.2 Å². The van der Waals surface area contributed by atoms with Crippen molar-refractivity contribution in [1.29, 1.82) is 0 Å². The normalized spacial score (nSPS) is 14.2. The molecule has 4 nitrogen and oxygen atoms in total. The van der Waals surface area contributed by atoms with E-state index in [4.69, 9.17) is 0 Å². The number of amidine groups is 1. The molecular weight excluding hydrogens is 341 g/mol.